The summed E-state index contributed by atoms with van der Waals surface area (Å²) in [5, 5.41) is 2.42. The highest BCUT2D eigenvalue weighted by Gasteiger charge is 2.52. The first-order valence-electron chi connectivity index (χ1n) is 8.36. The van der Waals surface area contributed by atoms with E-state index in [2.05, 4.69) is 10.3 Å². The largest absolute Gasteiger partial charge is 0.444 e. The van der Waals surface area contributed by atoms with Crippen LogP contribution in [0, 0.1) is 5.95 Å². The van der Waals surface area contributed by atoms with Gasteiger partial charge in [-0.25, -0.2) is 9.78 Å². The molecule has 0 aromatic carbocycles. The van der Waals surface area contributed by atoms with E-state index in [0.29, 0.717) is 18.8 Å². The molecule has 0 spiro atoms. The van der Waals surface area contributed by atoms with E-state index in [4.69, 9.17) is 4.74 Å². The van der Waals surface area contributed by atoms with Gasteiger partial charge in [-0.1, -0.05) is 0 Å². The van der Waals surface area contributed by atoms with E-state index in [9.17, 15) is 14.0 Å². The van der Waals surface area contributed by atoms with Crippen LogP contribution in [0.2, 0.25) is 0 Å². The fourth-order valence-electron chi connectivity index (χ4n) is 3.13. The smallest absolute Gasteiger partial charge is 0.410 e. The van der Waals surface area contributed by atoms with Gasteiger partial charge in [-0.2, -0.15) is 4.39 Å². The van der Waals surface area contributed by atoms with Gasteiger partial charge in [0.25, 0.3) is 5.91 Å². The van der Waals surface area contributed by atoms with Gasteiger partial charge in [0.15, 0.2) is 0 Å². The number of hydrogen-bond acceptors (Lipinski definition) is 5. The molecule has 2 amide bonds. The number of hydrogen-bond donors (Lipinski definition) is 1. The lowest BCUT2D eigenvalue weighted by Crippen LogP contribution is -2.50. The van der Waals surface area contributed by atoms with Crippen LogP contribution in [-0.4, -0.2) is 59.7 Å². The number of nitrogens with zero attached hydrogens (tertiary/aromatic N) is 3. The molecule has 2 heterocycles. The summed E-state index contributed by atoms with van der Waals surface area (Å²) in [5.41, 5.74) is -0.128. The van der Waals surface area contributed by atoms with Crippen molar-refractivity contribution in [3.05, 3.63) is 23.8 Å². The Morgan fingerprint density at radius 1 is 1.28 bits per heavy atom. The van der Waals surface area contributed by atoms with Gasteiger partial charge in [-0.3, -0.25) is 4.79 Å². The number of halogens is 1. The molecular formula is C17H23FN4O3. The summed E-state index contributed by atoms with van der Waals surface area (Å²) in [6.45, 7) is 6.47. The molecule has 1 saturated carbocycles. The highest BCUT2D eigenvalue weighted by Crippen LogP contribution is 2.40. The van der Waals surface area contributed by atoms with E-state index in [0.717, 1.165) is 6.42 Å². The Labute approximate surface area is 146 Å². The number of pyridine rings is 1. The molecule has 2 aliphatic rings. The molecule has 1 aliphatic carbocycles. The number of ether oxygens (including phenoxy) is 1. The molecule has 0 bridgehead atoms. The molecule has 2 fully saturated rings. The van der Waals surface area contributed by atoms with E-state index in [1.165, 1.54) is 13.1 Å². The second kappa shape index (κ2) is 6.16. The first kappa shape index (κ1) is 17.4. The Kier molecular flexibility index (Phi) is 4.30. The molecule has 2 atom stereocenters. The molecule has 7 nitrogen and oxygen atoms in total. The Balaban J connectivity index is 1.70. The van der Waals surface area contributed by atoms with Gasteiger partial charge in [-0.15, -0.1) is 0 Å². The molecule has 0 radical (unpaired) electrons. The van der Waals surface area contributed by atoms with Gasteiger partial charge in [-0.05, 0) is 39.3 Å². The summed E-state index contributed by atoms with van der Waals surface area (Å²) in [7, 11) is 1.47. The Morgan fingerprint density at radius 3 is 2.60 bits per heavy atom. The lowest BCUT2D eigenvalue weighted by molar-refractivity contribution is 0.0218. The fourth-order valence-corrected chi connectivity index (χ4v) is 3.13. The van der Waals surface area contributed by atoms with Crippen LogP contribution in [-0.2, 0) is 4.74 Å². The maximum atomic E-state index is 14.4. The summed E-state index contributed by atoms with van der Waals surface area (Å²) in [5.74, 6) is -1.10. The molecule has 1 aromatic heterocycles. The third-order valence-corrected chi connectivity index (χ3v) is 4.33. The van der Waals surface area contributed by atoms with Crippen LogP contribution < -0.4 is 10.2 Å². The van der Waals surface area contributed by atoms with Crippen molar-refractivity contribution in [2.24, 2.45) is 0 Å². The molecule has 0 unspecified atom stereocenters. The standard InChI is InChI=1S/C17H23FN4O3/c1-17(2,3)25-16(24)22-8-7-21(12-9-13(12)22)11-6-5-10(15(23)19-4)20-14(11)18/h5-6,12-13H,7-9H2,1-4H3,(H,19,23)/t12-,13+/m0/s1. The quantitative estimate of drug-likeness (QED) is 0.823. The third-order valence-electron chi connectivity index (χ3n) is 4.33. The number of rotatable bonds is 2. The minimum atomic E-state index is -0.669. The van der Waals surface area contributed by atoms with Gasteiger partial charge >= 0.3 is 6.09 Å². The van der Waals surface area contributed by atoms with Crippen LogP contribution in [0.3, 0.4) is 0 Å². The van der Waals surface area contributed by atoms with Crippen molar-refractivity contribution in [1.82, 2.24) is 15.2 Å². The monoisotopic (exact) mass is 350 g/mol. The lowest BCUT2D eigenvalue weighted by Gasteiger charge is -2.36. The van der Waals surface area contributed by atoms with E-state index >= 15 is 0 Å². The Morgan fingerprint density at radius 2 is 2.00 bits per heavy atom. The minimum absolute atomic E-state index is 0.0293. The summed E-state index contributed by atoms with van der Waals surface area (Å²) >= 11 is 0. The molecule has 8 heteroatoms. The number of anilines is 1. The average molecular weight is 350 g/mol. The molecule has 1 aromatic rings. The lowest BCUT2D eigenvalue weighted by atomic mass is 10.2. The molecule has 1 aliphatic heterocycles. The second-order valence-electron chi connectivity index (χ2n) is 7.32. The molecule has 136 valence electrons. The number of piperazine rings is 1. The predicted octanol–water partition coefficient (Wildman–Crippen LogP) is 1.78. The van der Waals surface area contributed by atoms with Crippen LogP contribution in [0.1, 0.15) is 37.7 Å². The van der Waals surface area contributed by atoms with Crippen LogP contribution in [0.4, 0.5) is 14.9 Å². The van der Waals surface area contributed by atoms with Crippen molar-refractivity contribution in [2.75, 3.05) is 25.0 Å². The molecular weight excluding hydrogens is 327 g/mol. The maximum Gasteiger partial charge on any atom is 0.410 e. The zero-order valence-electron chi connectivity index (χ0n) is 14.9. The first-order chi connectivity index (χ1) is 11.7. The van der Waals surface area contributed by atoms with Crippen molar-refractivity contribution in [3.8, 4) is 0 Å². The van der Waals surface area contributed by atoms with Crippen LogP contribution in [0.25, 0.3) is 0 Å². The third kappa shape index (κ3) is 3.52. The highest BCUT2D eigenvalue weighted by molar-refractivity contribution is 5.92. The number of nitrogens with one attached hydrogen (secondary N) is 1. The molecule has 25 heavy (non-hydrogen) atoms. The number of carbonyl (C=O) groups excluding carboxylic acids is 2. The van der Waals surface area contributed by atoms with Crippen molar-refractivity contribution >= 4 is 17.7 Å². The number of fused-ring (bicyclic) bond motifs is 1. The number of amides is 2. The van der Waals surface area contributed by atoms with Gasteiger partial charge < -0.3 is 19.9 Å². The zero-order valence-corrected chi connectivity index (χ0v) is 14.9. The van der Waals surface area contributed by atoms with Crippen molar-refractivity contribution in [2.45, 2.75) is 44.9 Å². The van der Waals surface area contributed by atoms with Gasteiger partial charge in [0.1, 0.15) is 11.3 Å². The first-order valence-corrected chi connectivity index (χ1v) is 8.36. The number of carbonyl (C=O) groups is 2. The summed E-state index contributed by atoms with van der Waals surface area (Å²) in [4.78, 5) is 31.2. The average Bonchev–Trinajstić information content (AvgIpc) is 3.32. The van der Waals surface area contributed by atoms with Crippen LogP contribution in [0.5, 0.6) is 0 Å². The summed E-state index contributed by atoms with van der Waals surface area (Å²) in [6.07, 6.45) is 0.448. The molecule has 3 rings (SSSR count). The Hall–Kier alpha value is -2.38. The Bertz CT molecular complexity index is 704. The van der Waals surface area contributed by atoms with E-state index in [-0.39, 0.29) is 23.9 Å². The minimum Gasteiger partial charge on any atom is -0.444 e. The summed E-state index contributed by atoms with van der Waals surface area (Å²) in [6, 6.07) is 3.17. The fraction of sp³-hybridized carbons (Fsp3) is 0.588. The van der Waals surface area contributed by atoms with Gasteiger partial charge in [0.05, 0.1) is 17.8 Å². The maximum absolute atomic E-state index is 14.4. The van der Waals surface area contributed by atoms with Crippen molar-refractivity contribution in [1.29, 1.82) is 0 Å². The second-order valence-corrected chi connectivity index (χ2v) is 7.32. The molecule has 1 saturated heterocycles. The van der Waals surface area contributed by atoms with E-state index in [1.807, 2.05) is 25.7 Å². The highest BCUT2D eigenvalue weighted by atomic mass is 19.1. The van der Waals surface area contributed by atoms with Gasteiger partial charge in [0.2, 0.25) is 5.95 Å². The zero-order chi connectivity index (χ0) is 18.4. The number of aromatic nitrogens is 1. The van der Waals surface area contributed by atoms with Crippen molar-refractivity contribution < 1.29 is 18.7 Å². The van der Waals surface area contributed by atoms with E-state index in [1.54, 1.807) is 11.0 Å². The molecule has 1 N–H and O–H groups in total. The van der Waals surface area contributed by atoms with Crippen LogP contribution >= 0.6 is 0 Å². The van der Waals surface area contributed by atoms with Gasteiger partial charge in [0, 0.05) is 20.1 Å². The summed E-state index contributed by atoms with van der Waals surface area (Å²) < 4.78 is 19.8. The topological polar surface area (TPSA) is 74.8 Å². The SMILES string of the molecule is CNC(=O)c1ccc(N2CCN(C(=O)OC(C)(C)C)[C@@H]3C[C@@H]32)c(F)n1. The predicted molar refractivity (Wildman–Crippen MR) is 90.1 cm³/mol. The van der Waals surface area contributed by atoms with Crippen molar-refractivity contribution in [3.63, 3.8) is 0 Å². The van der Waals surface area contributed by atoms with E-state index < -0.39 is 17.5 Å². The van der Waals surface area contributed by atoms with Crippen LogP contribution in [0.15, 0.2) is 12.1 Å². The normalized spacial score (nSPS) is 22.3.